The summed E-state index contributed by atoms with van der Waals surface area (Å²) in [7, 11) is 1.77. The van der Waals surface area contributed by atoms with Gasteiger partial charge in [0.1, 0.15) is 17.7 Å². The second-order valence-corrected chi connectivity index (χ2v) is 8.86. The smallest absolute Gasteiger partial charge is 0.258 e. The Hall–Kier alpha value is -4.05. The first-order valence-corrected chi connectivity index (χ1v) is 11.6. The third-order valence-corrected chi connectivity index (χ3v) is 6.41. The van der Waals surface area contributed by atoms with Gasteiger partial charge in [0.05, 0.1) is 23.1 Å². The molecule has 2 aromatic carbocycles. The lowest BCUT2D eigenvalue weighted by Gasteiger charge is -2.15. The maximum Gasteiger partial charge on any atom is 0.264 e. The van der Waals surface area contributed by atoms with Crippen molar-refractivity contribution in [2.75, 3.05) is 0 Å². The Labute approximate surface area is 214 Å². The highest BCUT2D eigenvalue weighted by molar-refractivity contribution is 6.31. The predicted octanol–water partition coefficient (Wildman–Crippen LogP) is 5.86. The van der Waals surface area contributed by atoms with E-state index in [1.165, 1.54) is 18.3 Å². The molecule has 0 aliphatic heterocycles. The van der Waals surface area contributed by atoms with Gasteiger partial charge in [0.25, 0.3) is 6.43 Å². The van der Waals surface area contributed by atoms with Crippen LogP contribution in [0.25, 0.3) is 22.4 Å². The monoisotopic (exact) mass is 527 g/mol. The van der Waals surface area contributed by atoms with E-state index in [0.717, 1.165) is 29.0 Å². The molecule has 0 aliphatic carbocycles. The molecule has 11 heteroatoms. The van der Waals surface area contributed by atoms with Crippen molar-refractivity contribution in [3.8, 4) is 22.4 Å². The highest BCUT2D eigenvalue weighted by atomic mass is 35.5. The number of rotatable bonds is 7. The van der Waals surface area contributed by atoms with E-state index < -0.39 is 17.8 Å². The normalized spacial score (nSPS) is 12.3. The molecule has 5 rings (SSSR count). The number of pyridine rings is 1. The number of alkyl halides is 2. The first-order chi connectivity index (χ1) is 17.8. The molecule has 3 aromatic heterocycles. The second kappa shape index (κ2) is 10.1. The van der Waals surface area contributed by atoms with Crippen LogP contribution in [0.2, 0.25) is 5.02 Å². The Morgan fingerprint density at radius 3 is 2.41 bits per heavy atom. The summed E-state index contributed by atoms with van der Waals surface area (Å²) in [4.78, 5) is 3.11. The first-order valence-electron chi connectivity index (χ1n) is 11.2. The summed E-state index contributed by atoms with van der Waals surface area (Å²) in [5.74, 6) is -1.26. The summed E-state index contributed by atoms with van der Waals surface area (Å²) in [5, 5.41) is 12.1. The summed E-state index contributed by atoms with van der Waals surface area (Å²) in [6.45, 7) is 0. The highest BCUT2D eigenvalue weighted by Crippen LogP contribution is 2.36. The van der Waals surface area contributed by atoms with Crippen molar-refractivity contribution >= 4 is 11.6 Å². The van der Waals surface area contributed by atoms with E-state index in [4.69, 9.17) is 11.6 Å². The molecule has 37 heavy (non-hydrogen) atoms. The maximum atomic E-state index is 14.8. The number of hydrogen-bond donors (Lipinski definition) is 0. The van der Waals surface area contributed by atoms with Crippen LogP contribution in [-0.2, 0) is 13.5 Å². The molecule has 1 N–H and O–H groups in total. The number of H-pyrrole nitrogens is 1. The fourth-order valence-electron chi connectivity index (χ4n) is 4.22. The minimum Gasteiger partial charge on any atom is -0.258 e. The maximum absolute atomic E-state index is 14.8. The Morgan fingerprint density at radius 2 is 1.76 bits per heavy atom. The van der Waals surface area contributed by atoms with Gasteiger partial charge >= 0.3 is 0 Å². The van der Waals surface area contributed by atoms with Crippen molar-refractivity contribution < 1.29 is 22.5 Å². The van der Waals surface area contributed by atoms with E-state index in [1.54, 1.807) is 53.1 Å². The Balaban J connectivity index is 1.55. The molecule has 6 nitrogen and oxygen atoms in total. The van der Waals surface area contributed by atoms with Crippen LogP contribution in [0, 0.1) is 11.6 Å². The molecule has 0 bridgehead atoms. The highest BCUT2D eigenvalue weighted by Gasteiger charge is 2.25. The largest absolute Gasteiger partial charge is 0.264 e. The summed E-state index contributed by atoms with van der Waals surface area (Å²) in [6, 6.07) is 11.2. The number of aromatic nitrogens is 6. The zero-order valence-corrected chi connectivity index (χ0v) is 20.2. The van der Waals surface area contributed by atoms with Gasteiger partial charge in [0.2, 0.25) is 5.69 Å². The van der Waals surface area contributed by atoms with Gasteiger partial charge in [-0.2, -0.15) is 5.10 Å². The topological polar surface area (TPSA) is 62.7 Å². The molecule has 5 aromatic rings. The third kappa shape index (κ3) is 4.97. The van der Waals surface area contributed by atoms with Crippen LogP contribution in [0.5, 0.6) is 0 Å². The molecule has 0 aliphatic rings. The first kappa shape index (κ1) is 24.6. The van der Waals surface area contributed by atoms with E-state index >= 15 is 0 Å². The molecule has 0 unspecified atom stereocenters. The molecule has 0 saturated heterocycles. The fourth-order valence-corrected chi connectivity index (χ4v) is 4.38. The molecule has 188 valence electrons. The minimum absolute atomic E-state index is 0.224. The number of benzene rings is 2. The lowest BCUT2D eigenvalue weighted by molar-refractivity contribution is -0.393. The van der Waals surface area contributed by atoms with E-state index in [2.05, 4.69) is 20.4 Å². The van der Waals surface area contributed by atoms with E-state index in [0.29, 0.717) is 12.1 Å². The molecular formula is C26H20ClF4N6+. The molecule has 0 fully saturated rings. The zero-order valence-electron chi connectivity index (χ0n) is 19.4. The van der Waals surface area contributed by atoms with E-state index in [1.807, 2.05) is 6.20 Å². The van der Waals surface area contributed by atoms with Crippen LogP contribution in [0.1, 0.15) is 29.3 Å². The number of nitrogens with zero attached hydrogens (tertiary/aromatic N) is 5. The molecule has 0 radical (unpaired) electrons. The molecule has 0 saturated carbocycles. The Bertz CT molecular complexity index is 1530. The Kier molecular flexibility index (Phi) is 6.75. The second-order valence-electron chi connectivity index (χ2n) is 8.46. The molecular weight excluding hydrogens is 508 g/mol. The van der Waals surface area contributed by atoms with Gasteiger partial charge in [-0.1, -0.05) is 35.0 Å². The predicted molar refractivity (Wildman–Crippen MR) is 129 cm³/mol. The van der Waals surface area contributed by atoms with Crippen molar-refractivity contribution in [3.05, 3.63) is 107 Å². The van der Waals surface area contributed by atoms with E-state index in [9.17, 15) is 17.6 Å². The standard InChI is InChI=1S/C26H19ClF4N6/c1-36-23(13-33-35-36)17-12-34-37(14-17)22(10-15-2-5-18(28)6-3-15)21-9-4-16(11-32-21)24-19(26(30)31)7-8-20(27)25(24)29/h2-9,11-14,22,26H,10H2,1H3/p+1/t22-/m0/s1. The molecule has 0 amide bonds. The van der Waals surface area contributed by atoms with Gasteiger partial charge in [-0.05, 0) is 29.8 Å². The van der Waals surface area contributed by atoms with Crippen LogP contribution in [0.4, 0.5) is 17.6 Å². The van der Waals surface area contributed by atoms with Crippen LogP contribution in [-0.4, -0.2) is 24.8 Å². The quantitative estimate of drug-likeness (QED) is 0.249. The number of halogens is 5. The zero-order chi connectivity index (χ0) is 26.1. The number of hydrogen-bond acceptors (Lipinski definition) is 3. The van der Waals surface area contributed by atoms with E-state index in [-0.39, 0.29) is 28.0 Å². The van der Waals surface area contributed by atoms with Gasteiger partial charge in [-0.15, -0.1) is 5.10 Å². The lowest BCUT2D eigenvalue weighted by atomic mass is 9.98. The van der Waals surface area contributed by atoms with Gasteiger partial charge in [0.15, 0.2) is 6.20 Å². The SMILES string of the molecule is Cn1nncc1-c1cnn([C@@H](Cc2ccc(F)cc2)c2ccc(-c3c(C(F)F)ccc(Cl)c3F)c[nH+]2)c1. The fraction of sp³-hybridized carbons (Fsp3) is 0.154. The minimum atomic E-state index is -2.88. The number of aromatic amines is 1. The average Bonchev–Trinajstić information content (AvgIpc) is 3.54. The van der Waals surface area contributed by atoms with Crippen molar-refractivity contribution in [1.82, 2.24) is 24.8 Å². The van der Waals surface area contributed by atoms with Gasteiger partial charge in [0, 0.05) is 48.0 Å². The Morgan fingerprint density at radius 1 is 0.973 bits per heavy atom. The summed E-state index contributed by atoms with van der Waals surface area (Å²) in [6.07, 6.45) is 4.16. The molecule has 1 atom stereocenters. The number of nitrogens with one attached hydrogen (secondary N) is 1. The van der Waals surface area contributed by atoms with Crippen LogP contribution in [0.15, 0.2) is 73.3 Å². The molecule has 0 spiro atoms. The summed E-state index contributed by atoms with van der Waals surface area (Å²) >= 11 is 5.88. The third-order valence-electron chi connectivity index (χ3n) is 6.12. The van der Waals surface area contributed by atoms with Gasteiger partial charge < -0.3 is 0 Å². The van der Waals surface area contributed by atoms with Crippen LogP contribution >= 0.6 is 11.6 Å². The van der Waals surface area contributed by atoms with Gasteiger partial charge in [-0.3, -0.25) is 4.68 Å². The number of aryl methyl sites for hydroxylation is 1. The molecule has 3 heterocycles. The van der Waals surface area contributed by atoms with Crippen LogP contribution < -0.4 is 4.98 Å². The van der Waals surface area contributed by atoms with Crippen molar-refractivity contribution in [2.45, 2.75) is 18.9 Å². The average molecular weight is 528 g/mol. The van der Waals surface area contributed by atoms with Crippen molar-refractivity contribution in [3.63, 3.8) is 0 Å². The van der Waals surface area contributed by atoms with Crippen molar-refractivity contribution in [1.29, 1.82) is 0 Å². The van der Waals surface area contributed by atoms with Crippen LogP contribution in [0.3, 0.4) is 0 Å². The summed E-state index contributed by atoms with van der Waals surface area (Å²) < 4.78 is 58.8. The summed E-state index contributed by atoms with van der Waals surface area (Å²) in [5.41, 5.74) is 2.59. The van der Waals surface area contributed by atoms with Crippen molar-refractivity contribution in [2.24, 2.45) is 7.05 Å². The van der Waals surface area contributed by atoms with Gasteiger partial charge in [-0.25, -0.2) is 27.2 Å². The lowest BCUT2D eigenvalue weighted by Crippen LogP contribution is -2.23.